The Kier molecular flexibility index (Phi) is 7.92. The molecule has 5 heteroatoms. The largest absolute Gasteiger partial charge is 0.348 e. The normalized spacial score (nSPS) is 13.1. The van der Waals surface area contributed by atoms with Crippen molar-refractivity contribution in [1.82, 2.24) is 10.6 Å². The minimum absolute atomic E-state index is 0.120. The zero-order valence-electron chi connectivity index (χ0n) is 16.4. The van der Waals surface area contributed by atoms with Gasteiger partial charge in [-0.25, -0.2) is 0 Å². The Labute approximate surface area is 166 Å². The fraction of sp³-hybridized carbons (Fsp3) is 0.364. The molecule has 2 unspecified atom stereocenters. The highest BCUT2D eigenvalue weighted by Crippen LogP contribution is 2.22. The highest BCUT2D eigenvalue weighted by Gasteiger charge is 2.21. The van der Waals surface area contributed by atoms with E-state index in [-0.39, 0.29) is 17.9 Å². The van der Waals surface area contributed by atoms with Gasteiger partial charge in [0.2, 0.25) is 11.8 Å². The van der Waals surface area contributed by atoms with Crippen molar-refractivity contribution >= 4 is 23.6 Å². The van der Waals surface area contributed by atoms with Crippen molar-refractivity contribution < 1.29 is 9.59 Å². The molecule has 4 nitrogen and oxygen atoms in total. The Bertz CT molecular complexity index is 745. The number of rotatable bonds is 8. The third kappa shape index (κ3) is 6.75. The summed E-state index contributed by atoms with van der Waals surface area (Å²) in [5.41, 5.74) is 2.32. The van der Waals surface area contributed by atoms with Gasteiger partial charge in [0.15, 0.2) is 0 Å². The van der Waals surface area contributed by atoms with Crippen molar-refractivity contribution in [1.29, 1.82) is 0 Å². The predicted octanol–water partition coefficient (Wildman–Crippen LogP) is 4.28. The van der Waals surface area contributed by atoms with Crippen molar-refractivity contribution in [2.75, 3.05) is 5.75 Å². The molecule has 0 aliphatic carbocycles. The Morgan fingerprint density at radius 3 is 2.07 bits per heavy atom. The van der Waals surface area contributed by atoms with E-state index in [1.165, 1.54) is 12.5 Å². The fourth-order valence-electron chi connectivity index (χ4n) is 2.70. The molecule has 0 spiro atoms. The molecule has 144 valence electrons. The van der Waals surface area contributed by atoms with Gasteiger partial charge in [0, 0.05) is 17.6 Å². The third-order valence-electron chi connectivity index (χ3n) is 4.32. The quantitative estimate of drug-likeness (QED) is 0.668. The van der Waals surface area contributed by atoms with Gasteiger partial charge in [-0.2, -0.15) is 0 Å². The first-order valence-electron chi connectivity index (χ1n) is 9.22. The van der Waals surface area contributed by atoms with Crippen LogP contribution >= 0.6 is 11.8 Å². The fourth-order valence-corrected chi connectivity index (χ4v) is 3.62. The van der Waals surface area contributed by atoms with E-state index in [4.69, 9.17) is 0 Å². The van der Waals surface area contributed by atoms with Crippen LogP contribution in [0, 0.1) is 0 Å². The second-order valence-corrected chi connectivity index (χ2v) is 8.02. The molecule has 2 aromatic rings. The molecule has 0 bridgehead atoms. The summed E-state index contributed by atoms with van der Waals surface area (Å²) in [5, 5.41) is 5.76. The van der Waals surface area contributed by atoms with Gasteiger partial charge in [-0.3, -0.25) is 9.59 Å². The van der Waals surface area contributed by atoms with Crippen LogP contribution in [-0.4, -0.2) is 23.6 Å². The lowest BCUT2D eigenvalue weighted by atomic mass is 10.0. The van der Waals surface area contributed by atoms with Crippen molar-refractivity contribution in [2.24, 2.45) is 0 Å². The summed E-state index contributed by atoms with van der Waals surface area (Å²) in [7, 11) is 0. The number of carbonyl (C=O) groups excluding carboxylic acids is 2. The van der Waals surface area contributed by atoms with Crippen molar-refractivity contribution in [3.05, 3.63) is 65.7 Å². The molecule has 0 aliphatic rings. The number of hydrogen-bond donors (Lipinski definition) is 2. The molecule has 0 saturated heterocycles. The molecule has 2 amide bonds. The molecule has 2 rings (SSSR count). The molecule has 2 aromatic carbocycles. The summed E-state index contributed by atoms with van der Waals surface area (Å²) in [5.74, 6) is 0.584. The summed E-state index contributed by atoms with van der Waals surface area (Å²) in [4.78, 5) is 25.3. The minimum Gasteiger partial charge on any atom is -0.348 e. The van der Waals surface area contributed by atoms with Gasteiger partial charge in [-0.15, -0.1) is 11.8 Å². The molecule has 27 heavy (non-hydrogen) atoms. The topological polar surface area (TPSA) is 58.2 Å². The lowest BCUT2D eigenvalue weighted by Gasteiger charge is -2.21. The van der Waals surface area contributed by atoms with E-state index < -0.39 is 6.04 Å². The van der Waals surface area contributed by atoms with Gasteiger partial charge in [0.25, 0.3) is 0 Å². The van der Waals surface area contributed by atoms with Crippen molar-refractivity contribution in [2.45, 2.75) is 50.6 Å². The van der Waals surface area contributed by atoms with Crippen LogP contribution in [0.1, 0.15) is 50.8 Å². The van der Waals surface area contributed by atoms with Crippen LogP contribution < -0.4 is 10.6 Å². The van der Waals surface area contributed by atoms with E-state index in [0.717, 1.165) is 10.5 Å². The highest BCUT2D eigenvalue weighted by molar-refractivity contribution is 7.99. The number of carbonyl (C=O) groups is 2. The number of nitrogens with one attached hydrogen (secondary N) is 2. The minimum atomic E-state index is -0.580. The van der Waals surface area contributed by atoms with Gasteiger partial charge in [-0.05, 0) is 36.1 Å². The maximum absolute atomic E-state index is 12.7. The molecule has 0 heterocycles. The van der Waals surface area contributed by atoms with Gasteiger partial charge >= 0.3 is 0 Å². The predicted molar refractivity (Wildman–Crippen MR) is 112 cm³/mol. The highest BCUT2D eigenvalue weighted by atomic mass is 32.2. The van der Waals surface area contributed by atoms with E-state index in [2.05, 4.69) is 48.7 Å². The SMILES string of the molecule is CC(=O)NC(CSc1ccc(C(C)C)cc1)C(=O)NC(C)c1ccccc1. The van der Waals surface area contributed by atoms with Crippen molar-refractivity contribution in [3.63, 3.8) is 0 Å². The number of amides is 2. The van der Waals surface area contributed by atoms with Gasteiger partial charge in [-0.1, -0.05) is 56.3 Å². The first kappa shape index (κ1) is 21.0. The van der Waals surface area contributed by atoms with E-state index in [1.54, 1.807) is 11.8 Å². The molecule has 0 aromatic heterocycles. The Balaban J connectivity index is 1.99. The third-order valence-corrected chi connectivity index (χ3v) is 5.42. The number of benzene rings is 2. The lowest BCUT2D eigenvalue weighted by Crippen LogP contribution is -2.48. The Morgan fingerprint density at radius 2 is 1.52 bits per heavy atom. The van der Waals surface area contributed by atoms with Crippen LogP contribution in [0.2, 0.25) is 0 Å². The standard InChI is InChI=1S/C22H28N2O2S/c1-15(2)18-10-12-20(13-11-18)27-14-21(24-17(4)25)22(26)23-16(3)19-8-6-5-7-9-19/h5-13,15-16,21H,14H2,1-4H3,(H,23,26)(H,24,25). The number of thioether (sulfide) groups is 1. The molecule has 2 atom stereocenters. The molecular weight excluding hydrogens is 356 g/mol. The van der Waals surface area contributed by atoms with E-state index >= 15 is 0 Å². The second kappa shape index (κ2) is 10.2. The van der Waals surface area contributed by atoms with E-state index in [9.17, 15) is 9.59 Å². The van der Waals surface area contributed by atoms with Crippen LogP contribution in [0.4, 0.5) is 0 Å². The molecule has 2 N–H and O–H groups in total. The van der Waals surface area contributed by atoms with Gasteiger partial charge < -0.3 is 10.6 Å². The average Bonchev–Trinajstić information content (AvgIpc) is 2.65. The van der Waals surface area contributed by atoms with Gasteiger partial charge in [0.05, 0.1) is 6.04 Å². The maximum atomic E-state index is 12.7. The van der Waals surface area contributed by atoms with Crippen LogP contribution in [0.5, 0.6) is 0 Å². The maximum Gasteiger partial charge on any atom is 0.243 e. The smallest absolute Gasteiger partial charge is 0.243 e. The molecular formula is C22H28N2O2S. The van der Waals surface area contributed by atoms with Crippen LogP contribution in [-0.2, 0) is 9.59 Å². The van der Waals surface area contributed by atoms with Crippen LogP contribution in [0.15, 0.2) is 59.5 Å². The first-order chi connectivity index (χ1) is 12.9. The second-order valence-electron chi connectivity index (χ2n) is 6.93. The zero-order valence-corrected chi connectivity index (χ0v) is 17.2. The van der Waals surface area contributed by atoms with Crippen LogP contribution in [0.25, 0.3) is 0 Å². The summed E-state index contributed by atoms with van der Waals surface area (Å²) in [6.07, 6.45) is 0. The first-order valence-corrected chi connectivity index (χ1v) is 10.2. The van der Waals surface area contributed by atoms with E-state index in [1.807, 2.05) is 37.3 Å². The van der Waals surface area contributed by atoms with Crippen molar-refractivity contribution in [3.8, 4) is 0 Å². The average molecular weight is 385 g/mol. The monoisotopic (exact) mass is 384 g/mol. The molecule has 0 radical (unpaired) electrons. The molecule has 0 fully saturated rings. The Morgan fingerprint density at radius 1 is 0.889 bits per heavy atom. The summed E-state index contributed by atoms with van der Waals surface area (Å²) >= 11 is 1.57. The number of hydrogen-bond acceptors (Lipinski definition) is 3. The zero-order chi connectivity index (χ0) is 19.8. The molecule has 0 saturated carbocycles. The Hall–Kier alpha value is -2.27. The lowest BCUT2D eigenvalue weighted by molar-refractivity contribution is -0.127. The summed E-state index contributed by atoms with van der Waals surface area (Å²) in [6.45, 7) is 7.69. The van der Waals surface area contributed by atoms with Crippen LogP contribution in [0.3, 0.4) is 0 Å². The summed E-state index contributed by atoms with van der Waals surface area (Å²) < 4.78 is 0. The molecule has 0 aliphatic heterocycles. The summed E-state index contributed by atoms with van der Waals surface area (Å²) in [6, 6.07) is 17.4. The van der Waals surface area contributed by atoms with E-state index in [0.29, 0.717) is 11.7 Å². The van der Waals surface area contributed by atoms with Gasteiger partial charge in [0.1, 0.15) is 6.04 Å².